The smallest absolute Gasteiger partial charge is 0.0307 e. The van der Waals surface area contributed by atoms with Crippen molar-refractivity contribution in [3.63, 3.8) is 0 Å². The molecule has 0 bridgehead atoms. The van der Waals surface area contributed by atoms with Gasteiger partial charge < -0.3 is 0 Å². The first kappa shape index (κ1) is 34.2. The van der Waals surface area contributed by atoms with Gasteiger partial charge in [-0.15, -0.1) is 0 Å². The zero-order valence-electron chi connectivity index (χ0n) is 26.0. The van der Waals surface area contributed by atoms with Gasteiger partial charge in [0.25, 0.3) is 0 Å². The topological polar surface area (TPSA) is 0 Å². The summed E-state index contributed by atoms with van der Waals surface area (Å²) in [6.45, 7) is 22.7. The van der Waals surface area contributed by atoms with Crippen LogP contribution >= 0.6 is 0 Å². The van der Waals surface area contributed by atoms with E-state index in [-0.39, 0.29) is 0 Å². The minimum Gasteiger partial charge on any atom is -0.0656 e. The van der Waals surface area contributed by atoms with Gasteiger partial charge >= 0.3 is 0 Å². The summed E-state index contributed by atoms with van der Waals surface area (Å²) in [5, 5.41) is 0. The lowest BCUT2D eigenvalue weighted by atomic mass is 9.84. The van der Waals surface area contributed by atoms with Crippen molar-refractivity contribution >= 4 is 0 Å². The van der Waals surface area contributed by atoms with Gasteiger partial charge in [0.05, 0.1) is 0 Å². The Balaban J connectivity index is 0.000000425. The summed E-state index contributed by atoms with van der Waals surface area (Å²) in [4.78, 5) is 0. The lowest BCUT2D eigenvalue weighted by Gasteiger charge is -2.22. The number of benzene rings is 1. The molecule has 3 saturated carbocycles. The van der Waals surface area contributed by atoms with Crippen molar-refractivity contribution in [2.45, 2.75) is 153 Å². The van der Waals surface area contributed by atoms with E-state index in [4.69, 9.17) is 0 Å². The second-order valence-electron chi connectivity index (χ2n) is 12.8. The molecule has 1 aromatic carbocycles. The Morgan fingerprint density at radius 2 is 0.829 bits per heavy atom. The molecule has 0 amide bonds. The van der Waals surface area contributed by atoms with E-state index in [9.17, 15) is 0 Å². The second-order valence-corrected chi connectivity index (χ2v) is 12.8. The summed E-state index contributed by atoms with van der Waals surface area (Å²) < 4.78 is 0. The van der Waals surface area contributed by atoms with Gasteiger partial charge in [0.1, 0.15) is 0 Å². The monoisotopic (exact) mass is 487 g/mol. The van der Waals surface area contributed by atoms with E-state index in [1.54, 1.807) is 0 Å². The van der Waals surface area contributed by atoms with Crippen LogP contribution in [0.3, 0.4) is 0 Å². The van der Waals surface area contributed by atoms with Crippen LogP contribution in [0.15, 0.2) is 24.3 Å². The highest BCUT2D eigenvalue weighted by atomic mass is 14.2. The Morgan fingerprint density at radius 1 is 0.514 bits per heavy atom. The molecule has 0 spiro atoms. The fourth-order valence-corrected chi connectivity index (χ4v) is 5.48. The molecule has 0 aliphatic heterocycles. The molecule has 3 aliphatic carbocycles. The highest BCUT2D eigenvalue weighted by Crippen LogP contribution is 2.29. The van der Waals surface area contributed by atoms with E-state index in [2.05, 4.69) is 93.5 Å². The van der Waals surface area contributed by atoms with E-state index >= 15 is 0 Å². The summed E-state index contributed by atoms with van der Waals surface area (Å²) in [6, 6.07) is 8.66. The van der Waals surface area contributed by atoms with Crippen molar-refractivity contribution < 1.29 is 0 Å². The standard InChI is InChI=1S/C9H12.2C8H16.C7H14.C3H8/c1-3-9-6-4-8(2)5-7-9;1-7-3-5-8(2)6-4-7;1-7-4-3-5-8(2)6-7;1-6-3-4-7(2)5-6;1-3-2/h4-7H,3H2,1-2H3;2*7-8H,3-6H2,1-2H3;6-7H,3-5H2,1-2H3;3H2,1-2H3. The largest absolute Gasteiger partial charge is 0.0656 e. The fourth-order valence-electron chi connectivity index (χ4n) is 5.48. The van der Waals surface area contributed by atoms with Crippen LogP contribution in [0, 0.1) is 42.4 Å². The third-order valence-electron chi connectivity index (χ3n) is 7.99. The van der Waals surface area contributed by atoms with E-state index in [0.29, 0.717) is 0 Å². The van der Waals surface area contributed by atoms with E-state index in [0.717, 1.165) is 41.9 Å². The quantitative estimate of drug-likeness (QED) is 0.370. The normalized spacial score (nSPS) is 29.5. The molecule has 0 nitrogen and oxygen atoms in total. The van der Waals surface area contributed by atoms with Crippen LogP contribution in [0.25, 0.3) is 0 Å². The van der Waals surface area contributed by atoms with Gasteiger partial charge in [0, 0.05) is 0 Å². The molecule has 0 heteroatoms. The lowest BCUT2D eigenvalue weighted by Crippen LogP contribution is -2.09. The fraction of sp³-hybridized carbons (Fsp3) is 0.829. The molecule has 3 fully saturated rings. The molecule has 4 unspecified atom stereocenters. The predicted molar refractivity (Wildman–Crippen MR) is 162 cm³/mol. The van der Waals surface area contributed by atoms with Crippen molar-refractivity contribution in [3.05, 3.63) is 35.4 Å². The van der Waals surface area contributed by atoms with Gasteiger partial charge in [-0.2, -0.15) is 0 Å². The first-order valence-electron chi connectivity index (χ1n) is 15.7. The molecule has 35 heavy (non-hydrogen) atoms. The summed E-state index contributed by atoms with van der Waals surface area (Å²) in [5.74, 6) is 6.11. The van der Waals surface area contributed by atoms with Gasteiger partial charge in [0.15, 0.2) is 0 Å². The van der Waals surface area contributed by atoms with Crippen LogP contribution in [-0.2, 0) is 6.42 Å². The number of rotatable bonds is 1. The van der Waals surface area contributed by atoms with Crippen molar-refractivity contribution in [2.24, 2.45) is 35.5 Å². The lowest BCUT2D eigenvalue weighted by molar-refractivity contribution is 0.301. The molecule has 4 rings (SSSR count). The van der Waals surface area contributed by atoms with Crippen LogP contribution in [0.2, 0.25) is 0 Å². The van der Waals surface area contributed by atoms with Crippen LogP contribution in [0.5, 0.6) is 0 Å². The molecule has 0 heterocycles. The Hall–Kier alpha value is -0.780. The molecule has 0 aromatic heterocycles. The number of hydrogen-bond donors (Lipinski definition) is 0. The minimum atomic E-state index is 1.01. The predicted octanol–water partition coefficient (Wildman–Crippen LogP) is 12.1. The zero-order valence-corrected chi connectivity index (χ0v) is 26.0. The Morgan fingerprint density at radius 3 is 1.09 bits per heavy atom. The first-order chi connectivity index (χ1) is 16.6. The maximum Gasteiger partial charge on any atom is -0.0307 e. The van der Waals surface area contributed by atoms with Gasteiger partial charge in [-0.3, -0.25) is 0 Å². The van der Waals surface area contributed by atoms with Crippen LogP contribution in [0.1, 0.15) is 150 Å². The second kappa shape index (κ2) is 21.3. The van der Waals surface area contributed by atoms with Crippen molar-refractivity contribution in [1.29, 1.82) is 0 Å². The molecular weight excluding hydrogens is 420 g/mol. The van der Waals surface area contributed by atoms with Crippen LogP contribution in [-0.4, -0.2) is 0 Å². The Kier molecular flexibility index (Phi) is 20.8. The maximum atomic E-state index is 2.37. The molecule has 1 aromatic rings. The Bertz CT molecular complexity index is 536. The number of aryl methyl sites for hydroxylation is 2. The SMILES string of the molecule is CC1CCC(C)C1.CC1CCC(C)CC1.CC1CCCC(C)C1.CCC.CCc1ccc(C)cc1. The van der Waals surface area contributed by atoms with Gasteiger partial charge in [-0.25, -0.2) is 0 Å². The zero-order chi connectivity index (χ0) is 26.6. The summed E-state index contributed by atoms with van der Waals surface area (Å²) in [5.41, 5.74) is 2.76. The third kappa shape index (κ3) is 20.0. The van der Waals surface area contributed by atoms with Crippen molar-refractivity contribution in [2.75, 3.05) is 0 Å². The molecular formula is C35H66. The average Bonchev–Trinajstić information content (AvgIpc) is 3.20. The Labute approximate surface area is 223 Å². The van der Waals surface area contributed by atoms with Crippen LogP contribution < -0.4 is 0 Å². The maximum absolute atomic E-state index is 2.37. The van der Waals surface area contributed by atoms with E-state index < -0.39 is 0 Å². The molecule has 206 valence electrons. The molecule has 4 atom stereocenters. The van der Waals surface area contributed by atoms with Gasteiger partial charge in [-0.1, -0.05) is 156 Å². The summed E-state index contributed by atoms with van der Waals surface area (Å²) >= 11 is 0. The van der Waals surface area contributed by atoms with Crippen molar-refractivity contribution in [3.8, 4) is 0 Å². The van der Waals surface area contributed by atoms with Crippen molar-refractivity contribution in [1.82, 2.24) is 0 Å². The minimum absolute atomic E-state index is 1.01. The third-order valence-corrected chi connectivity index (χ3v) is 7.99. The van der Waals surface area contributed by atoms with E-state index in [1.807, 2.05) is 0 Å². The summed E-state index contributed by atoms with van der Waals surface area (Å²) in [6.07, 6.45) is 18.6. The highest BCUT2D eigenvalue weighted by Gasteiger charge is 2.16. The van der Waals surface area contributed by atoms with Gasteiger partial charge in [-0.05, 0) is 67.3 Å². The van der Waals surface area contributed by atoms with Crippen LogP contribution in [0.4, 0.5) is 0 Å². The number of hydrogen-bond acceptors (Lipinski definition) is 0. The highest BCUT2D eigenvalue weighted by molar-refractivity contribution is 5.20. The average molecular weight is 487 g/mol. The molecule has 0 saturated heterocycles. The first-order valence-corrected chi connectivity index (χ1v) is 15.7. The van der Waals surface area contributed by atoms with E-state index in [1.165, 1.54) is 88.2 Å². The van der Waals surface area contributed by atoms with Gasteiger partial charge in [0.2, 0.25) is 0 Å². The molecule has 0 N–H and O–H groups in total. The molecule has 0 radical (unpaired) electrons. The molecule has 3 aliphatic rings. The summed E-state index contributed by atoms with van der Waals surface area (Å²) in [7, 11) is 0.